The van der Waals surface area contributed by atoms with Crippen LogP contribution in [0.25, 0.3) is 0 Å². The number of fused-ring (bicyclic) bond motifs is 7. The van der Waals surface area contributed by atoms with Crippen LogP contribution in [0.5, 0.6) is 0 Å². The lowest BCUT2D eigenvalue weighted by molar-refractivity contribution is -0.366. The number of hydrogen-bond acceptors (Lipinski definition) is 12. The van der Waals surface area contributed by atoms with Gasteiger partial charge in [-0.2, -0.15) is 0 Å². The third-order valence-corrected chi connectivity index (χ3v) is 15.5. The molecule has 6 N–H and O–H groups in total. The third kappa shape index (κ3) is 5.45. The van der Waals surface area contributed by atoms with Crippen molar-refractivity contribution in [2.24, 2.45) is 46.3 Å². The van der Waals surface area contributed by atoms with Crippen molar-refractivity contribution in [1.82, 2.24) is 0 Å². The van der Waals surface area contributed by atoms with Gasteiger partial charge >= 0.3 is 0 Å². The summed E-state index contributed by atoms with van der Waals surface area (Å²) in [7, 11) is 0. The molecule has 4 saturated carbocycles. The Morgan fingerprint density at radius 2 is 1.60 bits per heavy atom. The molecule has 0 aromatic carbocycles. The van der Waals surface area contributed by atoms with Crippen LogP contribution >= 0.6 is 0 Å². The first-order chi connectivity index (χ1) is 23.7. The van der Waals surface area contributed by atoms with Gasteiger partial charge in [0.05, 0.1) is 37.6 Å². The van der Waals surface area contributed by atoms with E-state index >= 15 is 0 Å². The van der Waals surface area contributed by atoms with Crippen molar-refractivity contribution in [3.8, 4) is 0 Å². The van der Waals surface area contributed by atoms with Crippen molar-refractivity contribution in [1.29, 1.82) is 0 Å². The molecular formula is C38H60O12. The van der Waals surface area contributed by atoms with E-state index in [4.69, 9.17) is 28.4 Å². The van der Waals surface area contributed by atoms with Crippen LogP contribution in [0.4, 0.5) is 0 Å². The first-order valence-electron chi connectivity index (χ1n) is 19.3. The van der Waals surface area contributed by atoms with Gasteiger partial charge in [-0.3, -0.25) is 0 Å². The molecule has 21 atom stereocenters. The second-order valence-electron chi connectivity index (χ2n) is 17.9. The van der Waals surface area contributed by atoms with Crippen molar-refractivity contribution >= 4 is 0 Å². The van der Waals surface area contributed by atoms with Crippen molar-refractivity contribution < 1.29 is 59.1 Å². The van der Waals surface area contributed by atoms with E-state index in [0.29, 0.717) is 49.0 Å². The molecule has 0 aromatic rings. The first-order valence-corrected chi connectivity index (χ1v) is 19.3. The van der Waals surface area contributed by atoms with Gasteiger partial charge in [-0.1, -0.05) is 32.9 Å². The minimum absolute atomic E-state index is 0.141. The van der Waals surface area contributed by atoms with Gasteiger partial charge in [0.1, 0.15) is 36.6 Å². The van der Waals surface area contributed by atoms with E-state index in [2.05, 4.69) is 27.4 Å². The summed E-state index contributed by atoms with van der Waals surface area (Å²) in [4.78, 5) is 0. The zero-order valence-corrected chi connectivity index (χ0v) is 30.0. The van der Waals surface area contributed by atoms with Crippen molar-refractivity contribution in [2.45, 2.75) is 165 Å². The first kappa shape index (κ1) is 36.2. The fraction of sp³-hybridized carbons (Fsp3) is 0.947. The van der Waals surface area contributed by atoms with Crippen LogP contribution in [0.2, 0.25) is 0 Å². The van der Waals surface area contributed by atoms with Gasteiger partial charge in [-0.05, 0) is 92.3 Å². The number of aliphatic hydroxyl groups excluding tert-OH is 6. The predicted octanol–water partition coefficient (Wildman–Crippen LogP) is 2.00. The summed E-state index contributed by atoms with van der Waals surface area (Å²) in [6.07, 6.45) is -4.35. The maximum absolute atomic E-state index is 11.2. The standard InChI is InChI=1S/C38H60O12/c1-17-8-11-38(46-15-17)18(2)28-26(50-38)14-24-22-7-6-20-12-21(39)13-27(37(20,5)23(22)9-10-36(24,28)4)48-35-33(30(42)25(40)16-45-35)49-34-32(44)31(43)29(41)19(3)47-34/h18-35,39-44H,1,6-16H2,2-5H3/t18-,19-,20+,21+,22+,23-,24-,25+,26-,27+,28-,29-,30-,31+,32+,33+,34-,35-,36-,37-,38+/m0/s1. The van der Waals surface area contributed by atoms with E-state index in [1.54, 1.807) is 6.92 Å². The molecule has 0 amide bonds. The maximum Gasteiger partial charge on any atom is 0.187 e. The summed E-state index contributed by atoms with van der Waals surface area (Å²) < 4.78 is 38.0. The highest BCUT2D eigenvalue weighted by molar-refractivity contribution is 5.17. The molecule has 4 aliphatic carbocycles. The summed E-state index contributed by atoms with van der Waals surface area (Å²) >= 11 is 0. The molecule has 50 heavy (non-hydrogen) atoms. The third-order valence-electron chi connectivity index (χ3n) is 15.5. The molecule has 0 radical (unpaired) electrons. The topological polar surface area (TPSA) is 177 Å². The lowest BCUT2D eigenvalue weighted by Gasteiger charge is -2.63. The monoisotopic (exact) mass is 708 g/mol. The highest BCUT2D eigenvalue weighted by Crippen LogP contribution is 2.71. The van der Waals surface area contributed by atoms with Crippen molar-refractivity contribution in [3.63, 3.8) is 0 Å². The molecule has 12 nitrogen and oxygen atoms in total. The van der Waals surface area contributed by atoms with Crippen LogP contribution in [0.3, 0.4) is 0 Å². The Morgan fingerprint density at radius 1 is 0.820 bits per heavy atom. The van der Waals surface area contributed by atoms with Gasteiger partial charge in [0.15, 0.2) is 18.4 Å². The molecule has 0 aromatic heterocycles. The number of hydrogen-bond donors (Lipinski definition) is 6. The van der Waals surface area contributed by atoms with E-state index in [1.165, 1.54) is 0 Å². The quantitative estimate of drug-likeness (QED) is 0.235. The number of aliphatic hydroxyl groups is 6. The van der Waals surface area contributed by atoms with E-state index in [-0.39, 0.29) is 29.5 Å². The maximum atomic E-state index is 11.2. The van der Waals surface area contributed by atoms with Gasteiger partial charge in [0.25, 0.3) is 0 Å². The normalized spacial score (nSPS) is 59.4. The lowest BCUT2D eigenvalue weighted by Crippen LogP contribution is -2.64. The van der Waals surface area contributed by atoms with Crippen LogP contribution in [0.1, 0.15) is 85.5 Å². The molecule has 0 bridgehead atoms. The predicted molar refractivity (Wildman–Crippen MR) is 177 cm³/mol. The SMILES string of the molecule is C=C1CC[C@@]2(OC1)O[C@H]1C[C@H]3[C@@H]4CC[C@@H]5C[C@@H](O)C[C@@H](O[C@@H]6OC[C@@H](O)[C@H](O)[C@H]6O[C@@H]6O[C@@H](C)[C@H](O)[C@@H](O)[C@H]6O)[C@]5(C)[C@H]4CC[C@]3(C)[C@H]1[C@@H]2C. The van der Waals surface area contributed by atoms with Crippen LogP contribution in [-0.4, -0.2) is 123 Å². The Bertz CT molecular complexity index is 1270. The zero-order valence-electron chi connectivity index (χ0n) is 30.0. The Kier molecular flexibility index (Phi) is 9.38. The molecule has 0 unspecified atom stereocenters. The molecule has 8 fully saturated rings. The van der Waals surface area contributed by atoms with E-state index in [0.717, 1.165) is 50.5 Å². The lowest BCUT2D eigenvalue weighted by atomic mass is 9.43. The van der Waals surface area contributed by atoms with Crippen LogP contribution in [-0.2, 0) is 28.4 Å². The Labute approximate surface area is 295 Å². The zero-order chi connectivity index (χ0) is 35.5. The number of ether oxygens (including phenoxy) is 6. The van der Waals surface area contributed by atoms with Crippen LogP contribution in [0.15, 0.2) is 12.2 Å². The molecule has 4 aliphatic heterocycles. The van der Waals surface area contributed by atoms with Gasteiger partial charge in [0.2, 0.25) is 0 Å². The largest absolute Gasteiger partial charge is 0.393 e. The van der Waals surface area contributed by atoms with E-state index in [1.807, 2.05) is 0 Å². The molecule has 284 valence electrons. The van der Waals surface area contributed by atoms with Gasteiger partial charge in [-0.15, -0.1) is 0 Å². The summed E-state index contributed by atoms with van der Waals surface area (Å²) in [5.74, 6) is 1.82. The summed E-state index contributed by atoms with van der Waals surface area (Å²) in [6, 6.07) is 0. The van der Waals surface area contributed by atoms with Crippen LogP contribution in [0, 0.1) is 46.3 Å². The Hall–Kier alpha value is -0.740. The molecule has 8 rings (SSSR count). The van der Waals surface area contributed by atoms with Crippen LogP contribution < -0.4 is 0 Å². The summed E-state index contributed by atoms with van der Waals surface area (Å²) in [6.45, 7) is 13.3. The molecule has 8 aliphatic rings. The number of rotatable bonds is 4. The highest BCUT2D eigenvalue weighted by atomic mass is 16.8. The fourth-order valence-electron chi connectivity index (χ4n) is 12.8. The van der Waals surface area contributed by atoms with Gasteiger partial charge in [-0.25, -0.2) is 0 Å². The average Bonchev–Trinajstić information content (AvgIpc) is 3.53. The molecular weight excluding hydrogens is 648 g/mol. The van der Waals surface area contributed by atoms with Crippen molar-refractivity contribution in [2.75, 3.05) is 13.2 Å². The Morgan fingerprint density at radius 3 is 2.34 bits per heavy atom. The molecule has 12 heteroatoms. The molecule has 1 spiro atoms. The van der Waals surface area contributed by atoms with E-state index < -0.39 is 73.3 Å². The minimum Gasteiger partial charge on any atom is -0.393 e. The second-order valence-corrected chi connectivity index (χ2v) is 17.9. The average molecular weight is 709 g/mol. The van der Waals surface area contributed by atoms with Gasteiger partial charge in [0, 0.05) is 18.8 Å². The van der Waals surface area contributed by atoms with Gasteiger partial charge < -0.3 is 59.1 Å². The van der Waals surface area contributed by atoms with Crippen molar-refractivity contribution in [3.05, 3.63) is 12.2 Å². The highest BCUT2D eigenvalue weighted by Gasteiger charge is 2.70. The molecule has 4 saturated heterocycles. The smallest absolute Gasteiger partial charge is 0.187 e. The second kappa shape index (κ2) is 12.9. The summed E-state index contributed by atoms with van der Waals surface area (Å²) in [5, 5.41) is 64.2. The summed E-state index contributed by atoms with van der Waals surface area (Å²) in [5.41, 5.74) is 0.997. The fourth-order valence-corrected chi connectivity index (χ4v) is 12.8. The van der Waals surface area contributed by atoms with E-state index in [9.17, 15) is 30.6 Å². The minimum atomic E-state index is -1.60. The molecule has 4 heterocycles. The Balaban J connectivity index is 1.03.